The van der Waals surface area contributed by atoms with Gasteiger partial charge in [-0.05, 0) is 18.6 Å². The second-order valence-corrected chi connectivity index (χ2v) is 5.23. The molecule has 2 rings (SSSR count). The summed E-state index contributed by atoms with van der Waals surface area (Å²) in [6.07, 6.45) is 1.88. The van der Waals surface area contributed by atoms with Gasteiger partial charge in [0.25, 0.3) is 0 Å². The maximum atomic E-state index is 13.3. The Hall–Kier alpha value is -1.62. The molecule has 21 heavy (non-hydrogen) atoms. The third-order valence-electron chi connectivity index (χ3n) is 3.24. The lowest BCUT2D eigenvalue weighted by Gasteiger charge is -2.09. The van der Waals surface area contributed by atoms with E-state index in [1.54, 1.807) is 6.07 Å². The lowest BCUT2D eigenvalue weighted by molar-refractivity contribution is -0.121. The molecule has 114 valence electrons. The molecule has 0 spiro atoms. The minimum atomic E-state index is -0.315. The van der Waals surface area contributed by atoms with Crippen LogP contribution in [0.3, 0.4) is 0 Å². The molecule has 4 nitrogen and oxygen atoms in total. The van der Waals surface area contributed by atoms with Crippen LogP contribution in [0.2, 0.25) is 0 Å². The van der Waals surface area contributed by atoms with Crippen LogP contribution in [-0.2, 0) is 17.8 Å². The maximum Gasteiger partial charge on any atom is 0.221 e. The van der Waals surface area contributed by atoms with Crippen molar-refractivity contribution in [2.75, 3.05) is 12.4 Å². The molecule has 1 aromatic carbocycles. The number of imidazole rings is 1. The summed E-state index contributed by atoms with van der Waals surface area (Å²) in [6, 6.07) is 4.50. The molecule has 6 heteroatoms. The SMILES string of the molecule is CCCNC(=O)CCn1c(CCCl)nc2cc(F)ccc21. The topological polar surface area (TPSA) is 46.9 Å². The van der Waals surface area contributed by atoms with Crippen LogP contribution in [0, 0.1) is 5.82 Å². The highest BCUT2D eigenvalue weighted by molar-refractivity contribution is 6.17. The molecule has 0 saturated heterocycles. The molecule has 0 aliphatic rings. The van der Waals surface area contributed by atoms with E-state index in [9.17, 15) is 9.18 Å². The van der Waals surface area contributed by atoms with E-state index in [2.05, 4.69) is 10.3 Å². The van der Waals surface area contributed by atoms with Gasteiger partial charge in [0.2, 0.25) is 5.91 Å². The highest BCUT2D eigenvalue weighted by Gasteiger charge is 2.12. The highest BCUT2D eigenvalue weighted by atomic mass is 35.5. The smallest absolute Gasteiger partial charge is 0.221 e. The fraction of sp³-hybridized carbons (Fsp3) is 0.467. The van der Waals surface area contributed by atoms with E-state index in [0.717, 1.165) is 17.8 Å². The first kappa shape index (κ1) is 15.8. The van der Waals surface area contributed by atoms with Crippen molar-refractivity contribution in [2.45, 2.75) is 32.7 Å². The Morgan fingerprint density at radius 1 is 1.48 bits per heavy atom. The van der Waals surface area contributed by atoms with Crippen LogP contribution in [0.5, 0.6) is 0 Å². The summed E-state index contributed by atoms with van der Waals surface area (Å²) in [6.45, 7) is 3.21. The molecule has 1 amide bonds. The summed E-state index contributed by atoms with van der Waals surface area (Å²) < 4.78 is 15.2. The number of aromatic nitrogens is 2. The summed E-state index contributed by atoms with van der Waals surface area (Å²) in [5.74, 6) is 0.921. The summed E-state index contributed by atoms with van der Waals surface area (Å²) in [5, 5.41) is 2.84. The van der Waals surface area contributed by atoms with E-state index in [4.69, 9.17) is 11.6 Å². The zero-order chi connectivity index (χ0) is 15.2. The fourth-order valence-electron chi connectivity index (χ4n) is 2.24. The highest BCUT2D eigenvalue weighted by Crippen LogP contribution is 2.18. The van der Waals surface area contributed by atoms with E-state index >= 15 is 0 Å². The van der Waals surface area contributed by atoms with E-state index in [-0.39, 0.29) is 11.7 Å². The number of aryl methyl sites for hydroxylation is 2. The minimum absolute atomic E-state index is 0.0117. The van der Waals surface area contributed by atoms with Crippen LogP contribution in [-0.4, -0.2) is 27.9 Å². The third kappa shape index (κ3) is 3.94. The molecular formula is C15H19ClFN3O. The molecule has 2 aromatic rings. The third-order valence-corrected chi connectivity index (χ3v) is 3.43. The molecular weight excluding hydrogens is 293 g/mol. The number of halogens is 2. The number of nitrogens with one attached hydrogen (secondary N) is 1. The van der Waals surface area contributed by atoms with Crippen molar-refractivity contribution in [2.24, 2.45) is 0 Å². The van der Waals surface area contributed by atoms with Gasteiger partial charge in [0, 0.05) is 37.9 Å². The molecule has 0 saturated carbocycles. The summed E-state index contributed by atoms with van der Waals surface area (Å²) in [4.78, 5) is 16.1. The second kappa shape index (κ2) is 7.41. The first-order chi connectivity index (χ1) is 10.2. The number of hydrogen-bond donors (Lipinski definition) is 1. The average Bonchev–Trinajstić information content (AvgIpc) is 2.79. The first-order valence-corrected chi connectivity index (χ1v) is 7.66. The standard InChI is InChI=1S/C15H19ClFN3O/c1-2-8-18-15(21)6-9-20-13-4-3-11(17)10-12(13)19-14(20)5-7-16/h3-4,10H,2,5-9H2,1H3,(H,18,21). The zero-order valence-corrected chi connectivity index (χ0v) is 12.8. The van der Waals surface area contributed by atoms with Crippen molar-refractivity contribution in [1.29, 1.82) is 0 Å². The molecule has 0 bridgehead atoms. The van der Waals surface area contributed by atoms with Gasteiger partial charge in [-0.25, -0.2) is 9.37 Å². The van der Waals surface area contributed by atoms with Crippen LogP contribution < -0.4 is 5.32 Å². The molecule has 0 fully saturated rings. The first-order valence-electron chi connectivity index (χ1n) is 7.13. The second-order valence-electron chi connectivity index (χ2n) is 4.85. The Bertz CT molecular complexity index is 627. The molecule has 1 heterocycles. The number of nitrogens with zero attached hydrogens (tertiary/aromatic N) is 2. The monoisotopic (exact) mass is 311 g/mol. The van der Waals surface area contributed by atoms with E-state index < -0.39 is 0 Å². The Kier molecular flexibility index (Phi) is 5.56. The van der Waals surface area contributed by atoms with Gasteiger partial charge in [0.1, 0.15) is 11.6 Å². The number of alkyl halides is 1. The van der Waals surface area contributed by atoms with Gasteiger partial charge in [-0.3, -0.25) is 4.79 Å². The number of carbonyl (C=O) groups is 1. The number of carbonyl (C=O) groups excluding carboxylic acids is 1. The lowest BCUT2D eigenvalue weighted by Crippen LogP contribution is -2.25. The maximum absolute atomic E-state index is 13.3. The Morgan fingerprint density at radius 2 is 2.29 bits per heavy atom. The number of amides is 1. The van der Waals surface area contributed by atoms with Crippen LogP contribution in [0.25, 0.3) is 11.0 Å². The Balaban J connectivity index is 2.20. The molecule has 1 N–H and O–H groups in total. The van der Waals surface area contributed by atoms with Gasteiger partial charge in [-0.2, -0.15) is 0 Å². The average molecular weight is 312 g/mol. The Labute approximate surface area is 128 Å². The van der Waals surface area contributed by atoms with Gasteiger partial charge in [-0.1, -0.05) is 6.92 Å². The van der Waals surface area contributed by atoms with Crippen molar-refractivity contribution in [1.82, 2.24) is 14.9 Å². The molecule has 0 unspecified atom stereocenters. The van der Waals surface area contributed by atoms with Gasteiger partial charge in [0.15, 0.2) is 0 Å². The predicted molar refractivity (Wildman–Crippen MR) is 82.0 cm³/mol. The van der Waals surface area contributed by atoms with Crippen LogP contribution in [0.15, 0.2) is 18.2 Å². The number of benzene rings is 1. The Morgan fingerprint density at radius 3 is 3.00 bits per heavy atom. The van der Waals surface area contributed by atoms with Crippen LogP contribution >= 0.6 is 11.6 Å². The number of hydrogen-bond acceptors (Lipinski definition) is 2. The van der Waals surface area contributed by atoms with Gasteiger partial charge in [-0.15, -0.1) is 11.6 Å². The van der Waals surface area contributed by atoms with Crippen molar-refractivity contribution < 1.29 is 9.18 Å². The van der Waals surface area contributed by atoms with Crippen molar-refractivity contribution in [3.05, 3.63) is 29.8 Å². The number of rotatable bonds is 7. The van der Waals surface area contributed by atoms with Crippen molar-refractivity contribution in [3.63, 3.8) is 0 Å². The fourth-order valence-corrected chi connectivity index (χ4v) is 2.41. The quantitative estimate of drug-likeness (QED) is 0.799. The van der Waals surface area contributed by atoms with Crippen LogP contribution in [0.4, 0.5) is 4.39 Å². The van der Waals surface area contributed by atoms with E-state index in [1.165, 1.54) is 12.1 Å². The predicted octanol–water partition coefficient (Wildman–Crippen LogP) is 2.87. The molecule has 0 radical (unpaired) electrons. The molecule has 0 aliphatic carbocycles. The van der Waals surface area contributed by atoms with Crippen LogP contribution in [0.1, 0.15) is 25.6 Å². The van der Waals surface area contributed by atoms with Gasteiger partial charge in [0.05, 0.1) is 11.0 Å². The summed E-state index contributed by atoms with van der Waals surface area (Å²) in [7, 11) is 0. The molecule has 0 aliphatic heterocycles. The van der Waals surface area contributed by atoms with E-state index in [1.807, 2.05) is 11.5 Å². The molecule has 1 aromatic heterocycles. The minimum Gasteiger partial charge on any atom is -0.356 e. The van der Waals surface area contributed by atoms with Gasteiger partial charge >= 0.3 is 0 Å². The normalized spacial score (nSPS) is 11.0. The van der Waals surface area contributed by atoms with Crippen molar-refractivity contribution in [3.8, 4) is 0 Å². The number of fused-ring (bicyclic) bond motifs is 1. The zero-order valence-electron chi connectivity index (χ0n) is 12.0. The summed E-state index contributed by atoms with van der Waals surface area (Å²) in [5.41, 5.74) is 1.43. The van der Waals surface area contributed by atoms with Crippen molar-refractivity contribution >= 4 is 28.5 Å². The van der Waals surface area contributed by atoms with Gasteiger partial charge < -0.3 is 9.88 Å². The lowest BCUT2D eigenvalue weighted by atomic mass is 10.3. The molecule has 0 atom stereocenters. The largest absolute Gasteiger partial charge is 0.356 e. The van der Waals surface area contributed by atoms with E-state index in [0.29, 0.717) is 37.3 Å². The summed E-state index contributed by atoms with van der Waals surface area (Å²) >= 11 is 5.79.